The van der Waals surface area contributed by atoms with Crippen LogP contribution in [0.4, 0.5) is 0 Å². The second-order valence-electron chi connectivity index (χ2n) is 3.72. The number of carbonyl (C=O) groups excluding carboxylic acids is 2. The predicted molar refractivity (Wildman–Crippen MR) is 66.6 cm³/mol. The zero-order valence-corrected chi connectivity index (χ0v) is 10.8. The molecule has 0 bridgehead atoms. The van der Waals surface area contributed by atoms with Gasteiger partial charge in [0, 0.05) is 4.88 Å². The van der Waals surface area contributed by atoms with Gasteiger partial charge in [0.1, 0.15) is 6.04 Å². The first-order valence-corrected chi connectivity index (χ1v) is 6.08. The number of rotatable bonds is 5. The zero-order chi connectivity index (χ0) is 13.7. The fourth-order valence-electron chi connectivity index (χ4n) is 1.16. The Hall–Kier alpha value is -1.89. The highest BCUT2D eigenvalue weighted by Gasteiger charge is 2.15. The summed E-state index contributed by atoms with van der Waals surface area (Å²) < 4.78 is 0. The van der Waals surface area contributed by atoms with Gasteiger partial charge in [-0.25, -0.2) is 0 Å². The molecular formula is C11H14N2O4S. The lowest BCUT2D eigenvalue weighted by Gasteiger charge is -2.09. The third-order valence-electron chi connectivity index (χ3n) is 2.12. The average molecular weight is 270 g/mol. The topological polar surface area (TPSA) is 95.5 Å². The van der Waals surface area contributed by atoms with Gasteiger partial charge in [-0.3, -0.25) is 14.4 Å². The van der Waals surface area contributed by atoms with Crippen LogP contribution in [0.25, 0.3) is 0 Å². The quantitative estimate of drug-likeness (QED) is 0.720. The highest BCUT2D eigenvalue weighted by Crippen LogP contribution is 2.14. The van der Waals surface area contributed by atoms with Crippen LogP contribution in [0.5, 0.6) is 0 Å². The van der Waals surface area contributed by atoms with Crippen molar-refractivity contribution in [2.45, 2.75) is 19.9 Å². The van der Waals surface area contributed by atoms with Gasteiger partial charge >= 0.3 is 5.97 Å². The number of hydrogen-bond donors (Lipinski definition) is 3. The van der Waals surface area contributed by atoms with Crippen LogP contribution in [-0.4, -0.2) is 35.5 Å². The molecule has 0 spiro atoms. The number of amides is 2. The summed E-state index contributed by atoms with van der Waals surface area (Å²) in [6.45, 7) is 2.99. The van der Waals surface area contributed by atoms with Crippen molar-refractivity contribution in [3.63, 3.8) is 0 Å². The number of aryl methyl sites for hydroxylation is 1. The molecule has 0 saturated carbocycles. The van der Waals surface area contributed by atoms with Gasteiger partial charge in [-0.15, -0.1) is 11.3 Å². The lowest BCUT2D eigenvalue weighted by atomic mass is 10.3. The van der Waals surface area contributed by atoms with Gasteiger partial charge in [0.25, 0.3) is 5.91 Å². The van der Waals surface area contributed by atoms with Crippen LogP contribution >= 0.6 is 11.3 Å². The Bertz CT molecular complexity index is 469. The monoisotopic (exact) mass is 270 g/mol. The van der Waals surface area contributed by atoms with Gasteiger partial charge < -0.3 is 15.7 Å². The molecule has 1 rings (SSSR count). The standard InChI is InChI=1S/C11H14N2O4S/c1-6-3-4-8(18-6)10(15)12-5-9(14)13-7(2)11(16)17/h3-4,7H,5H2,1-2H3,(H,12,15)(H,13,14)(H,16,17)/t7-/m1/s1. The third kappa shape index (κ3) is 4.17. The number of carboxylic acid groups (broad SMARTS) is 1. The summed E-state index contributed by atoms with van der Waals surface area (Å²) in [5, 5.41) is 13.3. The summed E-state index contributed by atoms with van der Waals surface area (Å²) in [5.74, 6) is -2.00. The van der Waals surface area contributed by atoms with E-state index in [1.165, 1.54) is 18.3 Å². The molecule has 0 aliphatic rings. The number of hydrogen-bond acceptors (Lipinski definition) is 4. The first-order chi connectivity index (χ1) is 8.40. The van der Waals surface area contributed by atoms with Crippen molar-refractivity contribution in [2.24, 2.45) is 0 Å². The van der Waals surface area contributed by atoms with Gasteiger partial charge in [0.15, 0.2) is 0 Å². The van der Waals surface area contributed by atoms with Crippen LogP contribution in [0, 0.1) is 6.92 Å². The Morgan fingerprint density at radius 2 is 2.06 bits per heavy atom. The molecule has 0 aromatic carbocycles. The smallest absolute Gasteiger partial charge is 0.325 e. The summed E-state index contributed by atoms with van der Waals surface area (Å²) in [5.41, 5.74) is 0. The first-order valence-electron chi connectivity index (χ1n) is 5.27. The number of carbonyl (C=O) groups is 3. The number of aliphatic carboxylic acids is 1. The maximum atomic E-state index is 11.6. The van der Waals surface area contributed by atoms with E-state index in [1.807, 2.05) is 13.0 Å². The lowest BCUT2D eigenvalue weighted by Crippen LogP contribution is -2.43. The van der Waals surface area contributed by atoms with Gasteiger partial charge in [-0.05, 0) is 26.0 Å². The molecule has 98 valence electrons. The van der Waals surface area contributed by atoms with Crippen LogP contribution in [0.2, 0.25) is 0 Å². The molecule has 0 saturated heterocycles. The van der Waals surface area contributed by atoms with Crippen molar-refractivity contribution < 1.29 is 19.5 Å². The van der Waals surface area contributed by atoms with Gasteiger partial charge in [-0.1, -0.05) is 0 Å². The molecule has 0 radical (unpaired) electrons. The van der Waals surface area contributed by atoms with Crippen molar-refractivity contribution in [1.29, 1.82) is 0 Å². The van der Waals surface area contributed by atoms with E-state index in [0.717, 1.165) is 4.88 Å². The summed E-state index contributed by atoms with van der Waals surface area (Å²) in [4.78, 5) is 34.9. The van der Waals surface area contributed by atoms with E-state index in [0.29, 0.717) is 4.88 Å². The fourth-order valence-corrected chi connectivity index (χ4v) is 1.94. The Morgan fingerprint density at radius 3 is 2.56 bits per heavy atom. The molecule has 2 amide bonds. The Labute approximate surface area is 108 Å². The SMILES string of the molecule is Cc1ccc(C(=O)NCC(=O)N[C@H](C)C(=O)O)s1. The molecular weight excluding hydrogens is 256 g/mol. The Kier molecular flexibility index (Phi) is 4.85. The molecule has 18 heavy (non-hydrogen) atoms. The molecule has 0 fully saturated rings. The van der Waals surface area contributed by atoms with E-state index >= 15 is 0 Å². The average Bonchev–Trinajstić information content (AvgIpc) is 2.72. The molecule has 0 unspecified atom stereocenters. The van der Waals surface area contributed by atoms with Crippen LogP contribution in [0.1, 0.15) is 21.5 Å². The Morgan fingerprint density at radius 1 is 1.39 bits per heavy atom. The lowest BCUT2D eigenvalue weighted by molar-refractivity contribution is -0.141. The highest BCUT2D eigenvalue weighted by atomic mass is 32.1. The van der Waals surface area contributed by atoms with Crippen molar-refractivity contribution >= 4 is 29.1 Å². The number of carboxylic acids is 1. The largest absolute Gasteiger partial charge is 0.480 e. The van der Waals surface area contributed by atoms with Gasteiger partial charge in [-0.2, -0.15) is 0 Å². The molecule has 0 aliphatic heterocycles. The molecule has 6 nitrogen and oxygen atoms in total. The van der Waals surface area contributed by atoms with E-state index in [4.69, 9.17) is 5.11 Å². The van der Waals surface area contributed by atoms with E-state index in [9.17, 15) is 14.4 Å². The summed E-state index contributed by atoms with van der Waals surface area (Å²) in [7, 11) is 0. The highest BCUT2D eigenvalue weighted by molar-refractivity contribution is 7.13. The molecule has 0 aliphatic carbocycles. The maximum absolute atomic E-state index is 11.6. The molecule has 1 atom stereocenters. The summed E-state index contributed by atoms with van der Waals surface area (Å²) in [6, 6.07) is 2.51. The molecule has 7 heteroatoms. The van der Waals surface area contributed by atoms with Gasteiger partial charge in [0.2, 0.25) is 5.91 Å². The van der Waals surface area contributed by atoms with E-state index in [-0.39, 0.29) is 12.5 Å². The Balaban J connectivity index is 2.39. The zero-order valence-electron chi connectivity index (χ0n) is 10.0. The number of thiophene rings is 1. The molecule has 1 aromatic rings. The molecule has 3 N–H and O–H groups in total. The van der Waals surface area contributed by atoms with E-state index in [2.05, 4.69) is 10.6 Å². The number of nitrogens with one attached hydrogen (secondary N) is 2. The van der Waals surface area contributed by atoms with Crippen LogP contribution < -0.4 is 10.6 Å². The minimum absolute atomic E-state index is 0.243. The third-order valence-corrected chi connectivity index (χ3v) is 3.12. The second-order valence-corrected chi connectivity index (χ2v) is 5.01. The van der Waals surface area contributed by atoms with Crippen LogP contribution in [0.15, 0.2) is 12.1 Å². The second kappa shape index (κ2) is 6.15. The van der Waals surface area contributed by atoms with Crippen molar-refractivity contribution in [2.75, 3.05) is 6.54 Å². The van der Waals surface area contributed by atoms with Crippen molar-refractivity contribution in [3.05, 3.63) is 21.9 Å². The van der Waals surface area contributed by atoms with E-state index in [1.54, 1.807) is 6.07 Å². The predicted octanol–water partition coefficient (Wildman–Crippen LogP) is 0.376. The minimum Gasteiger partial charge on any atom is -0.480 e. The molecule has 1 aromatic heterocycles. The maximum Gasteiger partial charge on any atom is 0.325 e. The van der Waals surface area contributed by atoms with Crippen molar-refractivity contribution in [3.8, 4) is 0 Å². The van der Waals surface area contributed by atoms with E-state index < -0.39 is 17.9 Å². The van der Waals surface area contributed by atoms with Gasteiger partial charge in [0.05, 0.1) is 11.4 Å². The molecule has 1 heterocycles. The minimum atomic E-state index is -1.12. The van der Waals surface area contributed by atoms with Crippen LogP contribution in [0.3, 0.4) is 0 Å². The van der Waals surface area contributed by atoms with Crippen LogP contribution in [-0.2, 0) is 9.59 Å². The fraction of sp³-hybridized carbons (Fsp3) is 0.364. The normalized spacial score (nSPS) is 11.7. The summed E-state index contributed by atoms with van der Waals surface area (Å²) >= 11 is 1.33. The first kappa shape index (κ1) is 14.2. The summed E-state index contributed by atoms with van der Waals surface area (Å²) in [6.07, 6.45) is 0. The van der Waals surface area contributed by atoms with Crippen molar-refractivity contribution in [1.82, 2.24) is 10.6 Å².